The molecule has 2 aliphatic heterocycles. The molecule has 2 bridgehead atoms. The summed E-state index contributed by atoms with van der Waals surface area (Å²) in [7, 11) is 0. The Labute approximate surface area is 86.5 Å². The molecular formula is C11H22N2O. The summed E-state index contributed by atoms with van der Waals surface area (Å²) in [5.41, 5.74) is 0.244. The predicted molar refractivity (Wildman–Crippen MR) is 57.2 cm³/mol. The highest BCUT2D eigenvalue weighted by molar-refractivity contribution is 4.95. The summed E-state index contributed by atoms with van der Waals surface area (Å²) < 4.78 is 0. The average molecular weight is 198 g/mol. The maximum atomic E-state index is 10.0. The molecule has 0 aromatic rings. The van der Waals surface area contributed by atoms with Gasteiger partial charge in [0.15, 0.2) is 0 Å². The predicted octanol–water partition coefficient (Wildman–Crippen LogP) is 0.297. The van der Waals surface area contributed by atoms with E-state index in [-0.39, 0.29) is 11.6 Å². The Kier molecular flexibility index (Phi) is 2.58. The van der Waals surface area contributed by atoms with Gasteiger partial charge in [0, 0.05) is 43.6 Å². The molecule has 0 aromatic heterocycles. The van der Waals surface area contributed by atoms with Gasteiger partial charge in [0.25, 0.3) is 0 Å². The van der Waals surface area contributed by atoms with Crippen LogP contribution in [-0.4, -0.2) is 47.8 Å². The van der Waals surface area contributed by atoms with Gasteiger partial charge in [0.2, 0.25) is 0 Å². The lowest BCUT2D eigenvalue weighted by atomic mass is 9.81. The van der Waals surface area contributed by atoms with Crippen molar-refractivity contribution in [3.63, 3.8) is 0 Å². The molecule has 14 heavy (non-hydrogen) atoms. The second-order valence-electron chi connectivity index (χ2n) is 5.74. The number of nitrogens with zero attached hydrogens (tertiary/aromatic N) is 1. The van der Waals surface area contributed by atoms with Crippen LogP contribution in [0.2, 0.25) is 0 Å². The van der Waals surface area contributed by atoms with Gasteiger partial charge >= 0.3 is 0 Å². The van der Waals surface area contributed by atoms with Crippen molar-refractivity contribution in [1.29, 1.82) is 0 Å². The summed E-state index contributed by atoms with van der Waals surface area (Å²) in [5, 5.41) is 13.4. The van der Waals surface area contributed by atoms with Crippen LogP contribution in [0.1, 0.15) is 20.8 Å². The molecule has 2 saturated heterocycles. The third kappa shape index (κ3) is 1.81. The number of likely N-dealkylation sites (tertiary alicyclic amines) is 1. The number of fused-ring (bicyclic) bond motifs is 2. The fraction of sp³-hybridized carbons (Fsp3) is 1.00. The summed E-state index contributed by atoms with van der Waals surface area (Å²) >= 11 is 0. The van der Waals surface area contributed by atoms with Gasteiger partial charge in [-0.2, -0.15) is 0 Å². The fourth-order valence-corrected chi connectivity index (χ4v) is 2.61. The fourth-order valence-electron chi connectivity index (χ4n) is 2.61. The first-order valence-electron chi connectivity index (χ1n) is 5.62. The summed E-state index contributed by atoms with van der Waals surface area (Å²) in [4.78, 5) is 2.51. The molecular weight excluding hydrogens is 176 g/mol. The number of aliphatic hydroxyl groups is 1. The molecule has 3 heteroatoms. The minimum absolute atomic E-state index is 0.0742. The van der Waals surface area contributed by atoms with Crippen molar-refractivity contribution in [3.8, 4) is 0 Å². The van der Waals surface area contributed by atoms with E-state index in [2.05, 4.69) is 31.0 Å². The Morgan fingerprint density at radius 3 is 2.07 bits per heavy atom. The minimum Gasteiger partial charge on any atom is -0.392 e. The zero-order valence-electron chi connectivity index (χ0n) is 9.45. The summed E-state index contributed by atoms with van der Waals surface area (Å²) in [6.45, 7) is 10.8. The van der Waals surface area contributed by atoms with Crippen molar-refractivity contribution in [2.75, 3.05) is 26.2 Å². The van der Waals surface area contributed by atoms with Crippen molar-refractivity contribution >= 4 is 0 Å². The van der Waals surface area contributed by atoms with Crippen molar-refractivity contribution < 1.29 is 5.11 Å². The largest absolute Gasteiger partial charge is 0.392 e. The second-order valence-corrected chi connectivity index (χ2v) is 5.74. The van der Waals surface area contributed by atoms with Gasteiger partial charge in [-0.25, -0.2) is 0 Å². The smallest absolute Gasteiger partial charge is 0.0645 e. The van der Waals surface area contributed by atoms with Crippen LogP contribution in [0.25, 0.3) is 0 Å². The van der Waals surface area contributed by atoms with Crippen LogP contribution in [0.4, 0.5) is 0 Å². The van der Waals surface area contributed by atoms with E-state index in [1.807, 2.05) is 0 Å². The van der Waals surface area contributed by atoms with Crippen LogP contribution in [-0.2, 0) is 0 Å². The molecule has 0 aromatic carbocycles. The molecule has 2 fully saturated rings. The molecule has 2 unspecified atom stereocenters. The molecule has 2 N–H and O–H groups in total. The van der Waals surface area contributed by atoms with E-state index >= 15 is 0 Å². The first-order chi connectivity index (χ1) is 6.48. The Morgan fingerprint density at radius 1 is 1.14 bits per heavy atom. The maximum Gasteiger partial charge on any atom is 0.0645 e. The van der Waals surface area contributed by atoms with Crippen LogP contribution in [0.3, 0.4) is 0 Å². The number of nitrogens with one attached hydrogen (secondary N) is 1. The Hall–Kier alpha value is -0.120. The van der Waals surface area contributed by atoms with Gasteiger partial charge in [0.05, 0.1) is 6.10 Å². The van der Waals surface area contributed by atoms with E-state index in [0.29, 0.717) is 11.8 Å². The summed E-state index contributed by atoms with van der Waals surface area (Å²) in [6, 6.07) is 0. The standard InChI is InChI=1S/C11H22N2O/c1-11(2,3)13-6-8-4-12-5-9(7-13)10(8)14/h8-10,12,14H,4-7H2,1-3H3. The minimum atomic E-state index is -0.0742. The molecule has 0 amide bonds. The Balaban J connectivity index is 2.08. The zero-order chi connectivity index (χ0) is 10.3. The lowest BCUT2D eigenvalue weighted by molar-refractivity contribution is -0.0652. The first kappa shape index (κ1) is 10.4. The topological polar surface area (TPSA) is 35.5 Å². The highest BCUT2D eigenvalue weighted by Crippen LogP contribution is 2.29. The van der Waals surface area contributed by atoms with Gasteiger partial charge < -0.3 is 10.4 Å². The van der Waals surface area contributed by atoms with E-state index in [9.17, 15) is 5.11 Å². The van der Waals surface area contributed by atoms with E-state index < -0.39 is 0 Å². The normalized spacial score (nSPS) is 39.9. The average Bonchev–Trinajstić information content (AvgIpc) is 2.00. The SMILES string of the molecule is CC(C)(C)N1CC2CNCC(C1)C2O. The molecule has 0 aliphatic carbocycles. The zero-order valence-corrected chi connectivity index (χ0v) is 9.45. The molecule has 0 spiro atoms. The highest BCUT2D eigenvalue weighted by atomic mass is 16.3. The first-order valence-corrected chi connectivity index (χ1v) is 5.62. The number of piperidine rings is 2. The third-order valence-corrected chi connectivity index (χ3v) is 3.64. The molecule has 2 atom stereocenters. The Morgan fingerprint density at radius 2 is 1.64 bits per heavy atom. The van der Waals surface area contributed by atoms with E-state index in [4.69, 9.17) is 0 Å². The van der Waals surface area contributed by atoms with Gasteiger partial charge in [-0.1, -0.05) is 0 Å². The lowest BCUT2D eigenvalue weighted by Gasteiger charge is -2.49. The van der Waals surface area contributed by atoms with Crippen molar-refractivity contribution in [2.24, 2.45) is 11.8 Å². The van der Waals surface area contributed by atoms with Crippen molar-refractivity contribution in [2.45, 2.75) is 32.4 Å². The van der Waals surface area contributed by atoms with E-state index in [1.165, 1.54) is 0 Å². The highest BCUT2D eigenvalue weighted by Gasteiger charge is 2.41. The van der Waals surface area contributed by atoms with Crippen LogP contribution < -0.4 is 5.32 Å². The van der Waals surface area contributed by atoms with Crippen LogP contribution >= 0.6 is 0 Å². The number of rotatable bonds is 0. The molecule has 2 aliphatic rings. The van der Waals surface area contributed by atoms with Crippen LogP contribution in [0, 0.1) is 11.8 Å². The molecule has 3 nitrogen and oxygen atoms in total. The summed E-state index contributed by atoms with van der Waals surface area (Å²) in [5.74, 6) is 0.864. The van der Waals surface area contributed by atoms with Gasteiger partial charge in [0.1, 0.15) is 0 Å². The number of hydrogen-bond donors (Lipinski definition) is 2. The van der Waals surface area contributed by atoms with Crippen LogP contribution in [0.5, 0.6) is 0 Å². The molecule has 2 rings (SSSR count). The molecule has 2 heterocycles. The summed E-state index contributed by atoms with van der Waals surface area (Å²) in [6.07, 6.45) is -0.0742. The quantitative estimate of drug-likeness (QED) is 0.587. The van der Waals surface area contributed by atoms with Crippen molar-refractivity contribution in [1.82, 2.24) is 10.2 Å². The monoisotopic (exact) mass is 198 g/mol. The second kappa shape index (κ2) is 3.47. The van der Waals surface area contributed by atoms with Gasteiger partial charge in [-0.3, -0.25) is 4.90 Å². The van der Waals surface area contributed by atoms with Gasteiger partial charge in [-0.15, -0.1) is 0 Å². The Bertz CT molecular complexity index is 198. The third-order valence-electron chi connectivity index (χ3n) is 3.64. The van der Waals surface area contributed by atoms with Gasteiger partial charge in [-0.05, 0) is 20.8 Å². The number of aliphatic hydroxyl groups excluding tert-OH is 1. The van der Waals surface area contributed by atoms with E-state index in [0.717, 1.165) is 26.2 Å². The number of hydrogen-bond acceptors (Lipinski definition) is 3. The lowest BCUT2D eigenvalue weighted by Crippen LogP contribution is -2.62. The maximum absolute atomic E-state index is 10.0. The van der Waals surface area contributed by atoms with Crippen molar-refractivity contribution in [3.05, 3.63) is 0 Å². The molecule has 82 valence electrons. The van der Waals surface area contributed by atoms with Crippen LogP contribution in [0.15, 0.2) is 0 Å². The molecule has 0 saturated carbocycles. The van der Waals surface area contributed by atoms with E-state index in [1.54, 1.807) is 0 Å². The molecule has 0 radical (unpaired) electrons.